The zero-order chi connectivity index (χ0) is 26.8. The van der Waals surface area contributed by atoms with E-state index in [0.717, 1.165) is 17.1 Å². The van der Waals surface area contributed by atoms with Gasteiger partial charge in [-0.25, -0.2) is 22.8 Å². The maximum atomic E-state index is 14.2. The molecule has 196 valence electrons. The highest BCUT2D eigenvalue weighted by Crippen LogP contribution is 2.30. The first-order chi connectivity index (χ1) is 16.7. The van der Waals surface area contributed by atoms with Gasteiger partial charge >= 0.3 is 17.8 Å². The van der Waals surface area contributed by atoms with Crippen molar-refractivity contribution < 1.29 is 46.7 Å². The largest absolute Gasteiger partial charge is 0.423 e. The molecule has 1 aromatic rings. The number of amides is 2. The number of carbonyl (C=O) groups excluding carboxylic acids is 4. The number of fused-ring (bicyclic) bond motifs is 2. The van der Waals surface area contributed by atoms with Crippen LogP contribution in [0.2, 0.25) is 0 Å². The maximum Gasteiger partial charge on any atom is 0.356 e. The molecule has 0 radical (unpaired) electrons. The number of hydrogen-bond donors (Lipinski definition) is 1. The van der Waals surface area contributed by atoms with Gasteiger partial charge < -0.3 is 20.0 Å². The summed E-state index contributed by atoms with van der Waals surface area (Å²) in [5, 5.41) is 0.695. The van der Waals surface area contributed by atoms with Gasteiger partial charge in [-0.1, -0.05) is 0 Å². The number of halogens is 3. The molecule has 2 heterocycles. The minimum Gasteiger partial charge on any atom is -0.423 e. The van der Waals surface area contributed by atoms with Crippen molar-refractivity contribution in [2.24, 2.45) is 0 Å². The summed E-state index contributed by atoms with van der Waals surface area (Å²) in [4.78, 5) is 56.8. The summed E-state index contributed by atoms with van der Waals surface area (Å²) >= 11 is 0. The molecule has 3 rings (SSSR count). The van der Waals surface area contributed by atoms with Gasteiger partial charge in [-0.15, -0.1) is 0 Å². The minimum absolute atomic E-state index is 0.0340. The predicted molar refractivity (Wildman–Crippen MR) is 117 cm³/mol. The van der Waals surface area contributed by atoms with Gasteiger partial charge in [0.1, 0.15) is 12.3 Å². The molecule has 2 amide bonds. The highest BCUT2D eigenvalue weighted by atomic mass is 19.2. The van der Waals surface area contributed by atoms with Gasteiger partial charge in [0.15, 0.2) is 17.5 Å². The van der Waals surface area contributed by atoms with Crippen LogP contribution in [0.4, 0.5) is 18.9 Å². The average molecular weight is 513 g/mol. The molecule has 36 heavy (non-hydrogen) atoms. The van der Waals surface area contributed by atoms with E-state index >= 15 is 0 Å². The zero-order valence-electron chi connectivity index (χ0n) is 19.9. The second-order valence-corrected chi connectivity index (χ2v) is 9.22. The van der Waals surface area contributed by atoms with E-state index in [9.17, 15) is 32.3 Å². The Morgan fingerprint density at radius 3 is 2.44 bits per heavy atom. The number of benzene rings is 1. The topological polar surface area (TPSA) is 128 Å². The van der Waals surface area contributed by atoms with E-state index in [0.29, 0.717) is 11.1 Å². The third-order valence-electron chi connectivity index (χ3n) is 5.45. The molecule has 2 bridgehead atoms. The van der Waals surface area contributed by atoms with Gasteiger partial charge in [0, 0.05) is 25.1 Å². The zero-order valence-corrected chi connectivity index (χ0v) is 19.9. The molecule has 1 saturated heterocycles. The summed E-state index contributed by atoms with van der Waals surface area (Å²) in [5.41, 5.74) is 0.957. The van der Waals surface area contributed by atoms with Crippen LogP contribution in [0.5, 0.6) is 0 Å². The molecule has 0 aliphatic carbocycles. The van der Waals surface area contributed by atoms with Crippen LogP contribution < -0.4 is 5.73 Å². The first-order valence-corrected chi connectivity index (χ1v) is 11.1. The molecule has 1 fully saturated rings. The summed E-state index contributed by atoms with van der Waals surface area (Å²) in [5.74, 6) is -7.69. The molecule has 13 heteroatoms. The molecule has 0 spiro atoms. The van der Waals surface area contributed by atoms with Crippen LogP contribution in [-0.4, -0.2) is 64.7 Å². The van der Waals surface area contributed by atoms with Crippen molar-refractivity contribution in [3.63, 3.8) is 0 Å². The van der Waals surface area contributed by atoms with E-state index in [-0.39, 0.29) is 37.9 Å². The summed E-state index contributed by atoms with van der Waals surface area (Å²) in [6.07, 6.45) is 1.06. The van der Waals surface area contributed by atoms with Crippen molar-refractivity contribution in [1.82, 2.24) is 9.96 Å². The summed E-state index contributed by atoms with van der Waals surface area (Å²) in [6.45, 7) is 4.07. The first kappa shape index (κ1) is 27.0. The van der Waals surface area contributed by atoms with Crippen LogP contribution in [0.1, 0.15) is 39.2 Å². The third kappa shape index (κ3) is 5.61. The van der Waals surface area contributed by atoms with Gasteiger partial charge in [0.25, 0.3) is 5.72 Å². The molecule has 0 saturated carbocycles. The second-order valence-electron chi connectivity index (χ2n) is 9.22. The predicted octanol–water partition coefficient (Wildman–Crippen LogP) is 1.76. The lowest BCUT2D eigenvalue weighted by molar-refractivity contribution is -0.251. The van der Waals surface area contributed by atoms with Gasteiger partial charge in [-0.3, -0.25) is 14.5 Å². The molecular formula is C23H26F3N3O7. The molecule has 2 aliphatic rings. The smallest absolute Gasteiger partial charge is 0.356 e. The van der Waals surface area contributed by atoms with Crippen molar-refractivity contribution in [2.75, 3.05) is 25.4 Å². The normalized spacial score (nSPS) is 21.3. The molecule has 1 aromatic carbocycles. The molecule has 1 atom stereocenters. The number of piperazine rings is 1. The Balaban J connectivity index is 1.86. The minimum atomic E-state index is -2.29. The number of hydrogen-bond acceptors (Lipinski definition) is 8. The number of anilines is 1. The summed E-state index contributed by atoms with van der Waals surface area (Å²) < 4.78 is 52.4. The number of nitrogen functional groups attached to an aromatic ring is 1. The molecule has 10 nitrogen and oxygen atoms in total. The van der Waals surface area contributed by atoms with E-state index in [2.05, 4.69) is 0 Å². The lowest BCUT2D eigenvalue weighted by Crippen LogP contribution is -2.71. The van der Waals surface area contributed by atoms with Crippen molar-refractivity contribution >= 4 is 29.4 Å². The van der Waals surface area contributed by atoms with Crippen molar-refractivity contribution in [3.05, 3.63) is 41.2 Å². The SMILES string of the molecule is CC(C)(C)OC[C@]12OC(=O)/C=C\C(=O)ON(CCN1C(=O)CCCc1cc(F)c(F)c(N)c1F)C2=O. The molecular weight excluding hydrogens is 487 g/mol. The van der Waals surface area contributed by atoms with E-state index in [1.54, 1.807) is 20.8 Å². The fourth-order valence-electron chi connectivity index (χ4n) is 3.68. The third-order valence-corrected chi connectivity index (χ3v) is 5.45. The van der Waals surface area contributed by atoms with Crippen LogP contribution in [0.15, 0.2) is 18.2 Å². The molecule has 2 aliphatic heterocycles. The quantitative estimate of drug-likeness (QED) is 0.346. The van der Waals surface area contributed by atoms with Crippen LogP contribution in [0.3, 0.4) is 0 Å². The lowest BCUT2D eigenvalue weighted by atomic mass is 10.0. The van der Waals surface area contributed by atoms with Crippen molar-refractivity contribution in [1.29, 1.82) is 0 Å². The van der Waals surface area contributed by atoms with Gasteiger partial charge in [-0.2, -0.15) is 5.06 Å². The van der Waals surface area contributed by atoms with Crippen LogP contribution in [0.25, 0.3) is 0 Å². The van der Waals surface area contributed by atoms with Gasteiger partial charge in [0.05, 0.1) is 12.1 Å². The number of hydroxylamine groups is 2. The van der Waals surface area contributed by atoms with Crippen molar-refractivity contribution in [3.8, 4) is 0 Å². The van der Waals surface area contributed by atoms with Crippen molar-refractivity contribution in [2.45, 2.75) is 51.4 Å². The van der Waals surface area contributed by atoms with Crippen LogP contribution in [0, 0.1) is 17.5 Å². The Bertz CT molecular complexity index is 1120. The fraction of sp³-hybridized carbons (Fsp3) is 0.478. The summed E-state index contributed by atoms with van der Waals surface area (Å²) in [7, 11) is 0. The van der Waals surface area contributed by atoms with Gasteiger partial charge in [-0.05, 0) is 45.2 Å². The number of nitrogens with zero attached hydrogens (tertiary/aromatic N) is 2. The van der Waals surface area contributed by atoms with E-state index in [1.807, 2.05) is 0 Å². The Hall–Kier alpha value is -3.61. The van der Waals surface area contributed by atoms with Crippen LogP contribution >= 0.6 is 0 Å². The monoisotopic (exact) mass is 513 g/mol. The lowest BCUT2D eigenvalue weighted by Gasteiger charge is -2.47. The Morgan fingerprint density at radius 2 is 1.78 bits per heavy atom. The molecule has 0 aromatic heterocycles. The van der Waals surface area contributed by atoms with Gasteiger partial charge in [0.2, 0.25) is 5.91 Å². The highest BCUT2D eigenvalue weighted by Gasteiger charge is 2.57. The number of ether oxygens (including phenoxy) is 2. The highest BCUT2D eigenvalue weighted by molar-refractivity contribution is 5.98. The van der Waals surface area contributed by atoms with E-state index < -0.39 is 64.8 Å². The first-order valence-electron chi connectivity index (χ1n) is 11.1. The Morgan fingerprint density at radius 1 is 1.11 bits per heavy atom. The second kappa shape index (κ2) is 10.2. The molecule has 0 unspecified atom stereocenters. The fourth-order valence-corrected chi connectivity index (χ4v) is 3.68. The Labute approximate surface area is 204 Å². The standard InChI is InChI=1S/C23H26F3N3O7/c1-22(2,3)34-12-23-21(33)29(36-17(32)8-7-16(31)35-23)10-9-28(23)15(30)6-4-5-13-11-14(24)19(26)20(27)18(13)25/h7-8,11H,4-6,9-10,12,27H2,1-3H3/b8-7-/t23-/m1/s1. The maximum absolute atomic E-state index is 14.2. The number of nitrogens with two attached hydrogens (primary N) is 1. The number of aryl methyl sites for hydroxylation is 1. The van der Waals surface area contributed by atoms with E-state index in [4.69, 9.17) is 20.0 Å². The summed E-state index contributed by atoms with van der Waals surface area (Å²) in [6, 6.07) is 0.660. The number of rotatable bonds is 6. The number of carbonyl (C=O) groups is 4. The Kier molecular flexibility index (Phi) is 7.62. The van der Waals surface area contributed by atoms with E-state index in [1.165, 1.54) is 0 Å². The number of esters is 1. The average Bonchev–Trinajstić information content (AvgIpc) is 2.82. The van der Waals surface area contributed by atoms with Crippen LogP contribution in [-0.2, 0) is 39.9 Å². The molecule has 2 N–H and O–H groups in total.